The van der Waals surface area contributed by atoms with E-state index >= 15 is 0 Å². The minimum absolute atomic E-state index is 0.149. The van der Waals surface area contributed by atoms with E-state index in [9.17, 15) is 9.59 Å². The van der Waals surface area contributed by atoms with E-state index in [0.29, 0.717) is 6.42 Å². The summed E-state index contributed by atoms with van der Waals surface area (Å²) in [5, 5.41) is 0. The van der Waals surface area contributed by atoms with Gasteiger partial charge in [0.2, 0.25) is 0 Å². The van der Waals surface area contributed by atoms with Crippen molar-refractivity contribution in [2.45, 2.75) is 26.7 Å². The highest BCUT2D eigenvalue weighted by molar-refractivity contribution is 5.73. The Hall–Kier alpha value is -0.860. The Kier molecular flexibility index (Phi) is 2.50. The first-order chi connectivity index (χ1) is 5.62. The molecule has 1 fully saturated rings. The third-order valence-electron chi connectivity index (χ3n) is 2.65. The lowest BCUT2D eigenvalue weighted by molar-refractivity contribution is -0.160. The molecule has 0 aromatic heterocycles. The fourth-order valence-corrected chi connectivity index (χ4v) is 1.59. The molecule has 1 aliphatic rings. The van der Waals surface area contributed by atoms with Crippen LogP contribution in [0.1, 0.15) is 26.7 Å². The largest absolute Gasteiger partial charge is 0.465 e. The van der Waals surface area contributed by atoms with E-state index in [2.05, 4.69) is 0 Å². The van der Waals surface area contributed by atoms with Crippen LogP contribution in [-0.4, -0.2) is 18.9 Å². The number of hydrogen-bond acceptors (Lipinski definition) is 3. The molecule has 0 N–H and O–H groups in total. The fourth-order valence-electron chi connectivity index (χ4n) is 1.59. The number of ether oxygens (including phenoxy) is 1. The number of aldehydes is 1. The molecular formula is C9H14O3. The number of cyclic esters (lactones) is 1. The maximum absolute atomic E-state index is 10.9. The minimum Gasteiger partial charge on any atom is -0.465 e. The zero-order chi connectivity index (χ0) is 9.19. The number of carbonyl (C=O) groups excluding carboxylic acids is 2. The first-order valence-electron chi connectivity index (χ1n) is 4.24. The molecule has 0 amide bonds. The SMILES string of the molecule is CCC1CC(=O)OCC1(C)C=O. The van der Waals surface area contributed by atoms with E-state index in [-0.39, 0.29) is 18.5 Å². The van der Waals surface area contributed by atoms with Crippen LogP contribution in [0, 0.1) is 11.3 Å². The highest BCUT2D eigenvalue weighted by atomic mass is 16.5. The topological polar surface area (TPSA) is 43.4 Å². The second kappa shape index (κ2) is 3.25. The Bertz CT molecular complexity index is 200. The van der Waals surface area contributed by atoms with Crippen LogP contribution >= 0.6 is 0 Å². The molecule has 3 nitrogen and oxygen atoms in total. The summed E-state index contributed by atoms with van der Waals surface area (Å²) in [7, 11) is 0. The maximum atomic E-state index is 10.9. The van der Waals surface area contributed by atoms with Gasteiger partial charge in [-0.05, 0) is 12.8 Å². The lowest BCUT2D eigenvalue weighted by atomic mass is 9.74. The zero-order valence-corrected chi connectivity index (χ0v) is 7.50. The molecule has 0 aromatic rings. The Morgan fingerprint density at radius 3 is 2.92 bits per heavy atom. The van der Waals surface area contributed by atoms with Crippen LogP contribution in [0.15, 0.2) is 0 Å². The van der Waals surface area contributed by atoms with Gasteiger partial charge in [-0.2, -0.15) is 0 Å². The van der Waals surface area contributed by atoms with Crippen LogP contribution < -0.4 is 0 Å². The summed E-state index contributed by atoms with van der Waals surface area (Å²) in [4.78, 5) is 21.7. The first-order valence-corrected chi connectivity index (χ1v) is 4.24. The minimum atomic E-state index is -0.456. The molecule has 0 radical (unpaired) electrons. The van der Waals surface area contributed by atoms with Crippen molar-refractivity contribution in [3.05, 3.63) is 0 Å². The van der Waals surface area contributed by atoms with Gasteiger partial charge in [0.25, 0.3) is 0 Å². The van der Waals surface area contributed by atoms with Crippen molar-refractivity contribution in [3.63, 3.8) is 0 Å². The number of esters is 1. The van der Waals surface area contributed by atoms with E-state index in [0.717, 1.165) is 12.7 Å². The molecule has 68 valence electrons. The zero-order valence-electron chi connectivity index (χ0n) is 7.50. The van der Waals surface area contributed by atoms with Crippen molar-refractivity contribution < 1.29 is 14.3 Å². The lowest BCUT2D eigenvalue weighted by Gasteiger charge is -2.35. The molecule has 12 heavy (non-hydrogen) atoms. The predicted octanol–water partition coefficient (Wildman–Crippen LogP) is 1.16. The predicted molar refractivity (Wildman–Crippen MR) is 43.5 cm³/mol. The summed E-state index contributed by atoms with van der Waals surface area (Å²) in [5.41, 5.74) is -0.456. The van der Waals surface area contributed by atoms with Crippen molar-refractivity contribution in [1.29, 1.82) is 0 Å². The molecule has 1 aliphatic heterocycles. The first kappa shape index (κ1) is 9.23. The fraction of sp³-hybridized carbons (Fsp3) is 0.778. The molecule has 0 aliphatic carbocycles. The average Bonchev–Trinajstić information content (AvgIpc) is 2.09. The second-order valence-electron chi connectivity index (χ2n) is 3.59. The van der Waals surface area contributed by atoms with Gasteiger partial charge in [0.05, 0.1) is 5.41 Å². The summed E-state index contributed by atoms with van der Waals surface area (Å²) in [6, 6.07) is 0. The quantitative estimate of drug-likeness (QED) is 0.461. The lowest BCUT2D eigenvalue weighted by Crippen LogP contribution is -2.40. The van der Waals surface area contributed by atoms with Crippen molar-refractivity contribution in [1.82, 2.24) is 0 Å². The summed E-state index contributed by atoms with van der Waals surface area (Å²) in [6.45, 7) is 4.08. The molecule has 1 heterocycles. The van der Waals surface area contributed by atoms with Crippen molar-refractivity contribution in [2.24, 2.45) is 11.3 Å². The van der Waals surface area contributed by atoms with Crippen LogP contribution in [0.25, 0.3) is 0 Å². The van der Waals surface area contributed by atoms with E-state index in [1.165, 1.54) is 0 Å². The van der Waals surface area contributed by atoms with Gasteiger partial charge in [-0.1, -0.05) is 13.3 Å². The van der Waals surface area contributed by atoms with Crippen LogP contribution in [0.4, 0.5) is 0 Å². The van der Waals surface area contributed by atoms with Gasteiger partial charge < -0.3 is 9.53 Å². The molecule has 0 spiro atoms. The molecule has 0 saturated carbocycles. The van der Waals surface area contributed by atoms with E-state index in [1.54, 1.807) is 0 Å². The van der Waals surface area contributed by atoms with Gasteiger partial charge >= 0.3 is 5.97 Å². The Morgan fingerprint density at radius 2 is 2.42 bits per heavy atom. The highest BCUT2D eigenvalue weighted by Gasteiger charge is 2.39. The third kappa shape index (κ3) is 1.49. The summed E-state index contributed by atoms with van der Waals surface area (Å²) in [6.07, 6.45) is 2.14. The summed E-state index contributed by atoms with van der Waals surface area (Å²) >= 11 is 0. The number of rotatable bonds is 2. The smallest absolute Gasteiger partial charge is 0.306 e. The van der Waals surface area contributed by atoms with Gasteiger partial charge in [0.15, 0.2) is 0 Å². The van der Waals surface area contributed by atoms with Crippen LogP contribution in [-0.2, 0) is 14.3 Å². The summed E-state index contributed by atoms with van der Waals surface area (Å²) < 4.78 is 4.85. The van der Waals surface area contributed by atoms with E-state index < -0.39 is 5.41 Å². The molecular weight excluding hydrogens is 156 g/mol. The van der Waals surface area contributed by atoms with Crippen molar-refractivity contribution in [2.75, 3.05) is 6.61 Å². The van der Waals surface area contributed by atoms with Gasteiger partial charge in [-0.3, -0.25) is 4.79 Å². The summed E-state index contributed by atoms with van der Waals surface area (Å²) in [5.74, 6) is -0.0302. The van der Waals surface area contributed by atoms with Crippen LogP contribution in [0.5, 0.6) is 0 Å². The maximum Gasteiger partial charge on any atom is 0.306 e. The normalized spacial score (nSPS) is 35.8. The molecule has 0 bridgehead atoms. The van der Waals surface area contributed by atoms with Gasteiger partial charge in [-0.25, -0.2) is 0 Å². The van der Waals surface area contributed by atoms with Crippen LogP contribution in [0.2, 0.25) is 0 Å². The molecule has 1 rings (SSSR count). The van der Waals surface area contributed by atoms with E-state index in [4.69, 9.17) is 4.74 Å². The number of hydrogen-bond donors (Lipinski definition) is 0. The standard InChI is InChI=1S/C9H14O3/c1-3-7-4-8(11)12-6-9(7,2)5-10/h5,7H,3-4,6H2,1-2H3. The monoisotopic (exact) mass is 170 g/mol. The van der Waals surface area contributed by atoms with E-state index in [1.807, 2.05) is 13.8 Å². The number of carbonyl (C=O) groups is 2. The Morgan fingerprint density at radius 1 is 1.75 bits per heavy atom. The Balaban J connectivity index is 2.74. The van der Waals surface area contributed by atoms with Gasteiger partial charge in [0, 0.05) is 6.42 Å². The molecule has 3 heteroatoms. The molecule has 0 aromatic carbocycles. The molecule has 1 saturated heterocycles. The van der Waals surface area contributed by atoms with Crippen molar-refractivity contribution in [3.8, 4) is 0 Å². The van der Waals surface area contributed by atoms with Gasteiger partial charge in [-0.15, -0.1) is 0 Å². The van der Waals surface area contributed by atoms with Gasteiger partial charge in [0.1, 0.15) is 12.9 Å². The molecule has 2 unspecified atom stereocenters. The second-order valence-corrected chi connectivity index (χ2v) is 3.59. The Labute approximate surface area is 72.1 Å². The third-order valence-corrected chi connectivity index (χ3v) is 2.65. The highest BCUT2D eigenvalue weighted by Crippen LogP contribution is 2.34. The van der Waals surface area contributed by atoms with Crippen molar-refractivity contribution >= 4 is 12.3 Å². The van der Waals surface area contributed by atoms with Crippen LogP contribution in [0.3, 0.4) is 0 Å². The molecule has 2 atom stereocenters. The average molecular weight is 170 g/mol.